The molecule has 0 atom stereocenters. The molecule has 0 N–H and O–H groups in total. The molecule has 2 aromatic heterocycles. The number of halogens is 1. The van der Waals surface area contributed by atoms with E-state index in [4.69, 9.17) is 0 Å². The Morgan fingerprint density at radius 2 is 2.17 bits per heavy atom. The van der Waals surface area contributed by atoms with Crippen LogP contribution in [0.15, 0.2) is 22.9 Å². The number of fused-ring (bicyclic) bond motifs is 1. The van der Waals surface area contributed by atoms with Gasteiger partial charge in [0.15, 0.2) is 0 Å². The van der Waals surface area contributed by atoms with Gasteiger partial charge in [-0.15, -0.1) is 0 Å². The molecule has 0 aromatic carbocycles. The Hall–Kier alpha value is -0.830. The van der Waals surface area contributed by atoms with Crippen LogP contribution in [0.2, 0.25) is 0 Å². The molecule has 2 aromatic rings. The van der Waals surface area contributed by atoms with Crippen molar-refractivity contribution in [3.05, 3.63) is 34.3 Å². The molecule has 0 unspecified atom stereocenters. The number of pyridine rings is 1. The average molecular weight is 225 g/mol. The summed E-state index contributed by atoms with van der Waals surface area (Å²) in [7, 11) is 0. The molecule has 0 bridgehead atoms. The van der Waals surface area contributed by atoms with Crippen LogP contribution in [0.1, 0.15) is 11.4 Å². The maximum absolute atomic E-state index is 4.31. The van der Waals surface area contributed by atoms with Gasteiger partial charge in [0.2, 0.25) is 0 Å². The minimum atomic E-state index is 0.920. The quantitative estimate of drug-likeness (QED) is 0.673. The summed E-state index contributed by atoms with van der Waals surface area (Å²) in [6.07, 6.45) is 2.04. The topological polar surface area (TPSA) is 17.3 Å². The van der Waals surface area contributed by atoms with Gasteiger partial charge in [0.25, 0.3) is 0 Å². The van der Waals surface area contributed by atoms with Crippen molar-refractivity contribution in [2.45, 2.75) is 13.8 Å². The first-order valence-electron chi connectivity index (χ1n) is 3.79. The Balaban J connectivity index is 2.90. The summed E-state index contributed by atoms with van der Waals surface area (Å²) in [6.45, 7) is 4.07. The lowest BCUT2D eigenvalue weighted by Gasteiger charge is -1.96. The molecule has 2 nitrogen and oxygen atoms in total. The lowest BCUT2D eigenvalue weighted by Crippen LogP contribution is -1.86. The molecule has 0 aliphatic rings. The first-order chi connectivity index (χ1) is 5.68. The van der Waals surface area contributed by atoms with Gasteiger partial charge in [-0.3, -0.25) is 0 Å². The van der Waals surface area contributed by atoms with Crippen molar-refractivity contribution >= 4 is 21.4 Å². The molecule has 0 aliphatic carbocycles. The highest BCUT2D eigenvalue weighted by atomic mass is 79.9. The van der Waals surface area contributed by atoms with Crippen molar-refractivity contribution in [2.75, 3.05) is 0 Å². The molecule has 0 radical (unpaired) electrons. The van der Waals surface area contributed by atoms with E-state index in [1.165, 1.54) is 5.56 Å². The predicted molar refractivity (Wildman–Crippen MR) is 52.4 cm³/mol. The van der Waals surface area contributed by atoms with Crippen molar-refractivity contribution in [1.29, 1.82) is 0 Å². The van der Waals surface area contributed by atoms with Gasteiger partial charge in [-0.1, -0.05) is 0 Å². The molecule has 0 spiro atoms. The van der Waals surface area contributed by atoms with E-state index < -0.39 is 0 Å². The van der Waals surface area contributed by atoms with Gasteiger partial charge in [0.05, 0.1) is 5.52 Å². The maximum atomic E-state index is 4.31. The molecule has 0 fully saturated rings. The zero-order chi connectivity index (χ0) is 8.72. The van der Waals surface area contributed by atoms with E-state index in [0.717, 1.165) is 15.9 Å². The highest BCUT2D eigenvalue weighted by molar-refractivity contribution is 9.10. The van der Waals surface area contributed by atoms with Gasteiger partial charge >= 0.3 is 0 Å². The Kier molecular flexibility index (Phi) is 1.68. The number of aryl methyl sites for hydroxylation is 2. The van der Waals surface area contributed by atoms with Crippen LogP contribution in [0.3, 0.4) is 0 Å². The van der Waals surface area contributed by atoms with E-state index in [-0.39, 0.29) is 0 Å². The number of imidazole rings is 1. The minimum absolute atomic E-state index is 0.920. The lowest BCUT2D eigenvalue weighted by atomic mass is 10.3. The maximum Gasteiger partial charge on any atom is 0.132 e. The van der Waals surface area contributed by atoms with E-state index in [1.807, 2.05) is 13.1 Å². The average Bonchev–Trinajstić information content (AvgIpc) is 2.28. The Morgan fingerprint density at radius 3 is 2.92 bits per heavy atom. The van der Waals surface area contributed by atoms with Crippen molar-refractivity contribution in [1.82, 2.24) is 9.38 Å². The Bertz CT molecular complexity index is 431. The second kappa shape index (κ2) is 2.59. The van der Waals surface area contributed by atoms with E-state index in [9.17, 15) is 0 Å². The fourth-order valence-electron chi connectivity index (χ4n) is 1.30. The fraction of sp³-hybridized carbons (Fsp3) is 0.222. The number of aromatic nitrogens is 2. The van der Waals surface area contributed by atoms with Crippen molar-refractivity contribution in [2.24, 2.45) is 0 Å². The highest BCUT2D eigenvalue weighted by Crippen LogP contribution is 2.19. The third-order valence-corrected chi connectivity index (χ3v) is 2.51. The zero-order valence-electron chi connectivity index (χ0n) is 7.00. The van der Waals surface area contributed by atoms with Gasteiger partial charge in [-0.05, 0) is 47.5 Å². The SMILES string of the molecule is Cc1ccn2c(C)nc(Br)c2c1. The van der Waals surface area contributed by atoms with Crippen LogP contribution in [-0.4, -0.2) is 9.38 Å². The minimum Gasteiger partial charge on any atom is -0.303 e. The summed E-state index contributed by atoms with van der Waals surface area (Å²) in [5.41, 5.74) is 2.38. The van der Waals surface area contributed by atoms with Crippen molar-refractivity contribution < 1.29 is 0 Å². The first kappa shape index (κ1) is 7.80. The molecule has 62 valence electrons. The number of hydrogen-bond acceptors (Lipinski definition) is 1. The molecule has 2 heterocycles. The van der Waals surface area contributed by atoms with Crippen LogP contribution in [0, 0.1) is 13.8 Å². The number of nitrogens with zero attached hydrogens (tertiary/aromatic N) is 2. The van der Waals surface area contributed by atoms with E-state index in [2.05, 4.69) is 44.4 Å². The van der Waals surface area contributed by atoms with E-state index >= 15 is 0 Å². The molecular formula is C9H9BrN2. The summed E-state index contributed by atoms with van der Waals surface area (Å²) in [4.78, 5) is 4.31. The summed E-state index contributed by atoms with van der Waals surface area (Å²) in [6, 6.07) is 4.19. The zero-order valence-corrected chi connectivity index (χ0v) is 8.59. The predicted octanol–water partition coefficient (Wildman–Crippen LogP) is 2.71. The smallest absolute Gasteiger partial charge is 0.132 e. The largest absolute Gasteiger partial charge is 0.303 e. The Morgan fingerprint density at radius 1 is 1.42 bits per heavy atom. The standard InChI is InChI=1S/C9H9BrN2/c1-6-3-4-12-7(2)11-9(10)8(12)5-6/h3-5H,1-2H3. The molecule has 12 heavy (non-hydrogen) atoms. The van der Waals surface area contributed by atoms with Gasteiger partial charge in [-0.2, -0.15) is 0 Å². The molecule has 0 amide bonds. The first-order valence-corrected chi connectivity index (χ1v) is 4.58. The molecular weight excluding hydrogens is 216 g/mol. The van der Waals surface area contributed by atoms with Gasteiger partial charge in [-0.25, -0.2) is 4.98 Å². The van der Waals surface area contributed by atoms with Crippen LogP contribution < -0.4 is 0 Å². The van der Waals surface area contributed by atoms with Crippen LogP contribution in [-0.2, 0) is 0 Å². The molecule has 3 heteroatoms. The second-order valence-corrected chi connectivity index (χ2v) is 3.66. The summed E-state index contributed by atoms with van der Waals surface area (Å²) in [5.74, 6) is 1.01. The van der Waals surface area contributed by atoms with Crippen LogP contribution in [0.5, 0.6) is 0 Å². The highest BCUT2D eigenvalue weighted by Gasteiger charge is 2.03. The molecule has 0 aliphatic heterocycles. The second-order valence-electron chi connectivity index (χ2n) is 2.91. The Labute approximate surface area is 79.4 Å². The summed E-state index contributed by atoms with van der Waals surface area (Å²) in [5, 5.41) is 0. The van der Waals surface area contributed by atoms with Crippen LogP contribution >= 0.6 is 15.9 Å². The van der Waals surface area contributed by atoms with Crippen LogP contribution in [0.4, 0.5) is 0 Å². The summed E-state index contributed by atoms with van der Waals surface area (Å²) < 4.78 is 2.99. The normalized spacial score (nSPS) is 10.9. The third kappa shape index (κ3) is 1.05. The third-order valence-electron chi connectivity index (χ3n) is 1.93. The van der Waals surface area contributed by atoms with Crippen LogP contribution in [0.25, 0.3) is 5.52 Å². The van der Waals surface area contributed by atoms with Crippen molar-refractivity contribution in [3.63, 3.8) is 0 Å². The molecule has 2 rings (SSSR count). The fourth-order valence-corrected chi connectivity index (χ4v) is 1.86. The number of rotatable bonds is 0. The molecule has 0 saturated heterocycles. The van der Waals surface area contributed by atoms with E-state index in [0.29, 0.717) is 0 Å². The number of hydrogen-bond donors (Lipinski definition) is 0. The monoisotopic (exact) mass is 224 g/mol. The van der Waals surface area contributed by atoms with Crippen molar-refractivity contribution in [3.8, 4) is 0 Å². The van der Waals surface area contributed by atoms with Gasteiger partial charge in [0.1, 0.15) is 10.4 Å². The summed E-state index contributed by atoms with van der Waals surface area (Å²) >= 11 is 3.42. The molecule has 0 saturated carbocycles. The van der Waals surface area contributed by atoms with Gasteiger partial charge < -0.3 is 4.40 Å². The van der Waals surface area contributed by atoms with E-state index in [1.54, 1.807) is 0 Å². The van der Waals surface area contributed by atoms with Gasteiger partial charge in [0, 0.05) is 6.20 Å². The lowest BCUT2D eigenvalue weighted by molar-refractivity contribution is 1.04.